The van der Waals surface area contributed by atoms with Crippen LogP contribution in [0.25, 0.3) is 27.3 Å². The fraction of sp³-hybridized carbons (Fsp3) is 0.188. The van der Waals surface area contributed by atoms with E-state index in [1.165, 1.54) is 28.7 Å². The van der Waals surface area contributed by atoms with Crippen molar-refractivity contribution in [3.8, 4) is 11.4 Å². The molecule has 1 aliphatic rings. The van der Waals surface area contributed by atoms with Crippen LogP contribution in [0.2, 0.25) is 0 Å². The molecule has 1 aliphatic carbocycles. The van der Waals surface area contributed by atoms with Crippen LogP contribution in [-0.2, 0) is 12.8 Å². The van der Waals surface area contributed by atoms with Gasteiger partial charge in [-0.1, -0.05) is 28.1 Å². The lowest BCUT2D eigenvalue weighted by molar-refractivity contribution is 0.914. The van der Waals surface area contributed by atoms with Crippen molar-refractivity contribution >= 4 is 43.1 Å². The highest BCUT2D eigenvalue weighted by Gasteiger charge is 2.22. The first kappa shape index (κ1) is 12.7. The van der Waals surface area contributed by atoms with Crippen molar-refractivity contribution in [3.63, 3.8) is 0 Å². The summed E-state index contributed by atoms with van der Waals surface area (Å²) >= 11 is 5.39. The van der Waals surface area contributed by atoms with Gasteiger partial charge in [-0.2, -0.15) is 0 Å². The van der Waals surface area contributed by atoms with Crippen molar-refractivity contribution in [1.29, 1.82) is 0 Å². The molecular formula is C16H11BrN4S. The third-order valence-corrected chi connectivity index (χ3v) is 6.05. The first-order valence-electron chi connectivity index (χ1n) is 7.22. The molecule has 0 bridgehead atoms. The Morgan fingerprint density at radius 2 is 2.09 bits per heavy atom. The average molecular weight is 371 g/mol. The van der Waals surface area contributed by atoms with Crippen LogP contribution in [0.5, 0.6) is 0 Å². The number of rotatable bonds is 1. The maximum absolute atomic E-state index is 4.81. The van der Waals surface area contributed by atoms with Crippen molar-refractivity contribution in [2.75, 3.05) is 0 Å². The highest BCUT2D eigenvalue weighted by atomic mass is 79.9. The Hall–Kier alpha value is -1.79. The minimum atomic E-state index is 0.736. The summed E-state index contributed by atoms with van der Waals surface area (Å²) in [5.41, 5.74) is 3.37. The van der Waals surface area contributed by atoms with E-state index >= 15 is 0 Å². The molecule has 0 saturated carbocycles. The van der Waals surface area contributed by atoms with Crippen molar-refractivity contribution in [3.05, 3.63) is 45.5 Å². The van der Waals surface area contributed by atoms with E-state index in [4.69, 9.17) is 4.98 Å². The fourth-order valence-corrected chi connectivity index (χ4v) is 4.84. The largest absolute Gasteiger partial charge is 0.225 e. The van der Waals surface area contributed by atoms with E-state index in [-0.39, 0.29) is 0 Å². The van der Waals surface area contributed by atoms with E-state index in [1.54, 1.807) is 6.33 Å². The Bertz CT molecular complexity index is 1030. The normalized spacial score (nSPS) is 14.0. The summed E-state index contributed by atoms with van der Waals surface area (Å²) in [6.45, 7) is 0. The Morgan fingerprint density at radius 1 is 1.18 bits per heavy atom. The third-order valence-electron chi connectivity index (χ3n) is 4.16. The number of halogens is 1. The topological polar surface area (TPSA) is 43.1 Å². The molecule has 0 spiro atoms. The van der Waals surface area contributed by atoms with Crippen LogP contribution < -0.4 is 0 Å². The van der Waals surface area contributed by atoms with Crippen molar-refractivity contribution in [1.82, 2.24) is 19.6 Å². The van der Waals surface area contributed by atoms with Crippen LogP contribution in [0.4, 0.5) is 0 Å². The second-order valence-electron chi connectivity index (χ2n) is 5.47. The molecule has 0 amide bonds. The van der Waals surface area contributed by atoms with Gasteiger partial charge < -0.3 is 0 Å². The van der Waals surface area contributed by atoms with E-state index in [0.29, 0.717) is 0 Å². The van der Waals surface area contributed by atoms with Gasteiger partial charge in [0.15, 0.2) is 11.5 Å². The Balaban J connectivity index is 1.84. The molecule has 1 aromatic carbocycles. The monoisotopic (exact) mass is 370 g/mol. The summed E-state index contributed by atoms with van der Waals surface area (Å²) in [6, 6.07) is 8.04. The summed E-state index contributed by atoms with van der Waals surface area (Å²) in [7, 11) is 0. The fourth-order valence-electron chi connectivity index (χ4n) is 3.15. The molecule has 3 heterocycles. The summed E-state index contributed by atoms with van der Waals surface area (Å²) in [4.78, 5) is 11.9. The first-order chi connectivity index (χ1) is 10.8. The van der Waals surface area contributed by atoms with E-state index in [9.17, 15) is 0 Å². The second-order valence-corrected chi connectivity index (χ2v) is 7.40. The molecule has 0 N–H and O–H groups in total. The molecule has 4 aromatic rings. The van der Waals surface area contributed by atoms with Gasteiger partial charge in [-0.15, -0.1) is 16.4 Å². The molecule has 0 saturated heterocycles. The van der Waals surface area contributed by atoms with Crippen LogP contribution in [0.15, 0.2) is 35.1 Å². The lowest BCUT2D eigenvalue weighted by Gasteiger charge is -1.96. The minimum absolute atomic E-state index is 0.736. The highest BCUT2D eigenvalue weighted by molar-refractivity contribution is 9.10. The number of aromatic nitrogens is 4. The number of benzene rings is 1. The third kappa shape index (κ3) is 1.71. The Morgan fingerprint density at radius 3 is 3.00 bits per heavy atom. The molecule has 0 unspecified atom stereocenters. The maximum Gasteiger partial charge on any atom is 0.183 e. The molecule has 5 rings (SSSR count). The number of hydrogen-bond acceptors (Lipinski definition) is 4. The lowest BCUT2D eigenvalue weighted by Crippen LogP contribution is -1.90. The van der Waals surface area contributed by atoms with E-state index in [1.807, 2.05) is 40.1 Å². The van der Waals surface area contributed by atoms with E-state index < -0.39 is 0 Å². The number of hydrogen-bond donors (Lipinski definition) is 0. The zero-order chi connectivity index (χ0) is 14.7. The predicted octanol–water partition coefficient (Wildman–Crippen LogP) is 4.26. The molecule has 0 aliphatic heterocycles. The molecule has 3 aromatic heterocycles. The van der Waals surface area contributed by atoms with Crippen molar-refractivity contribution < 1.29 is 0 Å². The Labute approximate surface area is 139 Å². The average Bonchev–Trinajstić information content (AvgIpc) is 3.19. The van der Waals surface area contributed by atoms with Gasteiger partial charge in [0.25, 0.3) is 0 Å². The molecule has 108 valence electrons. The molecule has 6 heteroatoms. The number of nitrogens with zero attached hydrogens (tertiary/aromatic N) is 4. The van der Waals surface area contributed by atoms with Crippen LogP contribution in [0.1, 0.15) is 16.9 Å². The molecule has 4 nitrogen and oxygen atoms in total. The minimum Gasteiger partial charge on any atom is -0.225 e. The van der Waals surface area contributed by atoms with Gasteiger partial charge in [0.05, 0.1) is 5.39 Å². The summed E-state index contributed by atoms with van der Waals surface area (Å²) in [6.07, 6.45) is 5.32. The van der Waals surface area contributed by atoms with Gasteiger partial charge in [-0.25, -0.2) is 14.5 Å². The Kier molecular flexibility index (Phi) is 2.66. The second kappa shape index (κ2) is 4.60. The first-order valence-corrected chi connectivity index (χ1v) is 8.83. The SMILES string of the molecule is Brc1ccccc1-c1nc2c3c4c(sc3ncn2n1)CCC4. The van der Waals surface area contributed by atoms with Crippen molar-refractivity contribution in [2.45, 2.75) is 19.3 Å². The molecule has 0 fully saturated rings. The van der Waals surface area contributed by atoms with E-state index in [2.05, 4.69) is 26.0 Å². The number of thiophene rings is 1. The van der Waals surface area contributed by atoms with Gasteiger partial charge in [0, 0.05) is 14.9 Å². The smallest absolute Gasteiger partial charge is 0.183 e. The van der Waals surface area contributed by atoms with Gasteiger partial charge >= 0.3 is 0 Å². The standard InChI is InChI=1S/C16H11BrN4S/c17-11-6-2-1-4-9(11)14-19-15-13-10-5-3-7-12(10)22-16(13)18-8-21(15)20-14/h1-2,4,6,8H,3,5,7H2. The van der Waals surface area contributed by atoms with Crippen LogP contribution in [0, 0.1) is 0 Å². The zero-order valence-electron chi connectivity index (χ0n) is 11.6. The van der Waals surface area contributed by atoms with Crippen LogP contribution >= 0.6 is 27.3 Å². The van der Waals surface area contributed by atoms with Crippen LogP contribution in [0.3, 0.4) is 0 Å². The highest BCUT2D eigenvalue weighted by Crippen LogP contribution is 2.38. The molecule has 0 radical (unpaired) electrons. The quantitative estimate of drug-likeness (QED) is 0.502. The predicted molar refractivity (Wildman–Crippen MR) is 91.3 cm³/mol. The lowest BCUT2D eigenvalue weighted by atomic mass is 10.2. The maximum atomic E-state index is 4.81. The molecule has 0 atom stereocenters. The summed E-state index contributed by atoms with van der Waals surface area (Å²) in [5.74, 6) is 0.736. The summed E-state index contributed by atoms with van der Waals surface area (Å²) < 4.78 is 2.81. The van der Waals surface area contributed by atoms with Gasteiger partial charge in [-0.05, 0) is 37.0 Å². The number of fused-ring (bicyclic) bond motifs is 5. The van der Waals surface area contributed by atoms with Crippen LogP contribution in [-0.4, -0.2) is 19.6 Å². The number of aryl methyl sites for hydroxylation is 2. The molecular weight excluding hydrogens is 360 g/mol. The van der Waals surface area contributed by atoms with Crippen molar-refractivity contribution in [2.24, 2.45) is 0 Å². The van der Waals surface area contributed by atoms with E-state index in [0.717, 1.165) is 32.8 Å². The summed E-state index contributed by atoms with van der Waals surface area (Å²) in [5, 5.41) is 5.82. The van der Waals surface area contributed by atoms with Gasteiger partial charge in [0.1, 0.15) is 11.2 Å². The van der Waals surface area contributed by atoms with Gasteiger partial charge in [0.2, 0.25) is 0 Å². The van der Waals surface area contributed by atoms with Gasteiger partial charge in [-0.3, -0.25) is 0 Å². The zero-order valence-corrected chi connectivity index (χ0v) is 14.0. The molecule has 22 heavy (non-hydrogen) atoms.